The number of amides is 1. The number of nitrogens with zero attached hydrogens (tertiary/aromatic N) is 1. The Labute approximate surface area is 97.4 Å². The molecule has 5 nitrogen and oxygen atoms in total. The first-order valence-corrected chi connectivity index (χ1v) is 4.96. The molecule has 0 saturated carbocycles. The lowest BCUT2D eigenvalue weighted by Gasteiger charge is -2.11. The van der Waals surface area contributed by atoms with Crippen LogP contribution in [0.3, 0.4) is 0 Å². The number of pyridine rings is 1. The van der Waals surface area contributed by atoms with Crippen molar-refractivity contribution in [2.75, 3.05) is 5.32 Å². The lowest BCUT2D eigenvalue weighted by atomic mass is 10.1. The minimum atomic E-state index is -1.19. The van der Waals surface area contributed by atoms with Gasteiger partial charge in [-0.25, -0.2) is 4.98 Å². The standard InChI is InChI=1S/C10H11ClN2O3/c1-5-3-4-12-8(11)7(5)13-9(14)6(2)10(15)16/h3-4,6H,1-2H3,(H,13,14)(H,15,16). The Balaban J connectivity index is 2.89. The fraction of sp³-hybridized carbons (Fsp3) is 0.300. The van der Waals surface area contributed by atoms with Crippen LogP contribution in [0.5, 0.6) is 0 Å². The molecule has 1 heterocycles. The number of aliphatic carboxylic acids is 1. The molecule has 1 aromatic rings. The normalized spacial score (nSPS) is 11.9. The summed E-state index contributed by atoms with van der Waals surface area (Å²) < 4.78 is 0. The molecule has 0 aromatic carbocycles. The molecule has 1 aromatic heterocycles. The van der Waals surface area contributed by atoms with E-state index >= 15 is 0 Å². The number of hydrogen-bond acceptors (Lipinski definition) is 3. The van der Waals surface area contributed by atoms with Crippen LogP contribution in [0.25, 0.3) is 0 Å². The van der Waals surface area contributed by atoms with Crippen LogP contribution >= 0.6 is 11.6 Å². The van der Waals surface area contributed by atoms with Crippen LogP contribution in [0.4, 0.5) is 5.69 Å². The molecule has 0 aliphatic rings. The zero-order valence-electron chi connectivity index (χ0n) is 8.82. The molecule has 0 aliphatic carbocycles. The molecule has 0 radical (unpaired) electrons. The molecule has 16 heavy (non-hydrogen) atoms. The van der Waals surface area contributed by atoms with Gasteiger partial charge in [-0.15, -0.1) is 0 Å². The number of aryl methyl sites for hydroxylation is 1. The van der Waals surface area contributed by atoms with E-state index in [-0.39, 0.29) is 5.15 Å². The number of halogens is 1. The first-order chi connectivity index (χ1) is 7.43. The van der Waals surface area contributed by atoms with E-state index in [4.69, 9.17) is 16.7 Å². The number of carbonyl (C=O) groups is 2. The van der Waals surface area contributed by atoms with E-state index in [1.54, 1.807) is 13.0 Å². The van der Waals surface area contributed by atoms with Crippen molar-refractivity contribution in [2.24, 2.45) is 5.92 Å². The van der Waals surface area contributed by atoms with Crippen molar-refractivity contribution in [3.8, 4) is 0 Å². The Morgan fingerprint density at radius 2 is 2.19 bits per heavy atom. The quantitative estimate of drug-likeness (QED) is 0.625. The van der Waals surface area contributed by atoms with E-state index in [0.29, 0.717) is 5.69 Å². The smallest absolute Gasteiger partial charge is 0.315 e. The van der Waals surface area contributed by atoms with Crippen molar-refractivity contribution in [3.05, 3.63) is 23.0 Å². The summed E-state index contributed by atoms with van der Waals surface area (Å²) in [4.78, 5) is 25.9. The number of rotatable bonds is 3. The third-order valence-corrected chi connectivity index (χ3v) is 2.41. The van der Waals surface area contributed by atoms with E-state index in [2.05, 4.69) is 10.3 Å². The molecule has 1 amide bonds. The predicted molar refractivity (Wildman–Crippen MR) is 59.4 cm³/mol. The first kappa shape index (κ1) is 12.4. The number of carboxylic acids is 1. The first-order valence-electron chi connectivity index (χ1n) is 4.58. The lowest BCUT2D eigenvalue weighted by molar-refractivity contribution is -0.144. The molecule has 0 fully saturated rings. The highest BCUT2D eigenvalue weighted by molar-refractivity contribution is 6.32. The van der Waals surface area contributed by atoms with Gasteiger partial charge in [0, 0.05) is 6.20 Å². The Hall–Kier alpha value is -1.62. The monoisotopic (exact) mass is 242 g/mol. The Morgan fingerprint density at radius 1 is 1.56 bits per heavy atom. The Morgan fingerprint density at radius 3 is 2.69 bits per heavy atom. The maximum Gasteiger partial charge on any atom is 0.315 e. The van der Waals surface area contributed by atoms with Gasteiger partial charge < -0.3 is 10.4 Å². The van der Waals surface area contributed by atoms with Gasteiger partial charge in [-0.1, -0.05) is 11.6 Å². The summed E-state index contributed by atoms with van der Waals surface area (Å²) in [5, 5.41) is 11.2. The second-order valence-electron chi connectivity index (χ2n) is 3.34. The van der Waals surface area contributed by atoms with Crippen LogP contribution in [0.2, 0.25) is 5.15 Å². The van der Waals surface area contributed by atoms with Crippen LogP contribution in [0.1, 0.15) is 12.5 Å². The molecule has 0 spiro atoms. The van der Waals surface area contributed by atoms with Gasteiger partial charge in [0.05, 0.1) is 5.69 Å². The predicted octanol–water partition coefficient (Wildman–Crippen LogP) is 1.70. The molecule has 6 heteroatoms. The highest BCUT2D eigenvalue weighted by atomic mass is 35.5. The van der Waals surface area contributed by atoms with Crippen molar-refractivity contribution in [3.63, 3.8) is 0 Å². The fourth-order valence-electron chi connectivity index (χ4n) is 1.02. The number of anilines is 1. The van der Waals surface area contributed by atoms with Gasteiger partial charge in [0.25, 0.3) is 0 Å². The molecule has 1 rings (SSSR count). The number of aromatic nitrogens is 1. The average molecular weight is 243 g/mol. The van der Waals surface area contributed by atoms with E-state index in [1.807, 2.05) is 0 Å². The molecule has 0 bridgehead atoms. The van der Waals surface area contributed by atoms with Gasteiger partial charge >= 0.3 is 5.97 Å². The van der Waals surface area contributed by atoms with Crippen LogP contribution < -0.4 is 5.32 Å². The molecule has 0 aliphatic heterocycles. The number of carbonyl (C=O) groups excluding carboxylic acids is 1. The second kappa shape index (κ2) is 4.94. The molecule has 0 saturated heterocycles. The highest BCUT2D eigenvalue weighted by Gasteiger charge is 2.21. The summed E-state index contributed by atoms with van der Waals surface area (Å²) in [5.41, 5.74) is 1.08. The van der Waals surface area contributed by atoms with Gasteiger partial charge in [-0.3, -0.25) is 9.59 Å². The largest absolute Gasteiger partial charge is 0.481 e. The molecular formula is C10H11ClN2O3. The SMILES string of the molecule is Cc1ccnc(Cl)c1NC(=O)C(C)C(=O)O. The van der Waals surface area contributed by atoms with E-state index in [0.717, 1.165) is 5.56 Å². The van der Waals surface area contributed by atoms with Gasteiger partial charge in [-0.2, -0.15) is 0 Å². The molecule has 2 N–H and O–H groups in total. The van der Waals surface area contributed by atoms with Gasteiger partial charge in [0.2, 0.25) is 5.91 Å². The van der Waals surface area contributed by atoms with Crippen LogP contribution in [0, 0.1) is 12.8 Å². The summed E-state index contributed by atoms with van der Waals surface area (Å²) in [6.07, 6.45) is 1.51. The third kappa shape index (κ3) is 2.70. The second-order valence-corrected chi connectivity index (χ2v) is 3.70. The maximum atomic E-state index is 11.5. The van der Waals surface area contributed by atoms with E-state index in [9.17, 15) is 9.59 Å². The molecule has 86 valence electrons. The highest BCUT2D eigenvalue weighted by Crippen LogP contribution is 2.23. The minimum absolute atomic E-state index is 0.144. The van der Waals surface area contributed by atoms with Crippen molar-refractivity contribution in [1.29, 1.82) is 0 Å². The van der Waals surface area contributed by atoms with Crippen LogP contribution in [0.15, 0.2) is 12.3 Å². The Bertz CT molecular complexity index is 414. The van der Waals surface area contributed by atoms with Gasteiger partial charge in [-0.05, 0) is 25.5 Å². The summed E-state index contributed by atoms with van der Waals surface area (Å²) in [5.74, 6) is -2.93. The van der Waals surface area contributed by atoms with Crippen molar-refractivity contribution in [2.45, 2.75) is 13.8 Å². The molecular weight excluding hydrogens is 232 g/mol. The van der Waals surface area contributed by atoms with Crippen molar-refractivity contribution in [1.82, 2.24) is 4.98 Å². The average Bonchev–Trinajstić information content (AvgIpc) is 2.22. The van der Waals surface area contributed by atoms with Gasteiger partial charge in [0.15, 0.2) is 5.15 Å². The third-order valence-electron chi connectivity index (χ3n) is 2.12. The van der Waals surface area contributed by atoms with Crippen molar-refractivity contribution >= 4 is 29.2 Å². The van der Waals surface area contributed by atoms with Crippen molar-refractivity contribution < 1.29 is 14.7 Å². The van der Waals surface area contributed by atoms with Gasteiger partial charge in [0.1, 0.15) is 5.92 Å². The zero-order valence-corrected chi connectivity index (χ0v) is 9.58. The molecule has 1 atom stereocenters. The summed E-state index contributed by atoms with van der Waals surface area (Å²) in [7, 11) is 0. The topological polar surface area (TPSA) is 79.3 Å². The Kier molecular flexibility index (Phi) is 3.84. The summed E-state index contributed by atoms with van der Waals surface area (Å²) in [6.45, 7) is 3.05. The van der Waals surface area contributed by atoms with Crippen LogP contribution in [-0.2, 0) is 9.59 Å². The summed E-state index contributed by atoms with van der Waals surface area (Å²) in [6, 6.07) is 1.67. The lowest BCUT2D eigenvalue weighted by Crippen LogP contribution is -2.27. The number of hydrogen-bond donors (Lipinski definition) is 2. The maximum absolute atomic E-state index is 11.5. The van der Waals surface area contributed by atoms with E-state index in [1.165, 1.54) is 13.1 Å². The zero-order chi connectivity index (χ0) is 12.3. The number of nitrogens with one attached hydrogen (secondary N) is 1. The van der Waals surface area contributed by atoms with E-state index < -0.39 is 17.8 Å². The fourth-order valence-corrected chi connectivity index (χ4v) is 1.27. The van der Waals surface area contributed by atoms with Crippen LogP contribution in [-0.4, -0.2) is 22.0 Å². The summed E-state index contributed by atoms with van der Waals surface area (Å²) >= 11 is 5.78. The number of carboxylic acid groups (broad SMARTS) is 1. The minimum Gasteiger partial charge on any atom is -0.481 e. The molecule has 1 unspecified atom stereocenters.